The molecule has 1 N–H and O–H groups in total. The van der Waals surface area contributed by atoms with Crippen molar-refractivity contribution in [3.8, 4) is 0 Å². The van der Waals surface area contributed by atoms with Gasteiger partial charge < -0.3 is 14.6 Å². The molecule has 1 heterocycles. The number of ketones is 1. The van der Waals surface area contributed by atoms with E-state index in [2.05, 4.69) is 54.5 Å². The fraction of sp³-hybridized carbons (Fsp3) is 0.889. The van der Waals surface area contributed by atoms with Crippen LogP contribution in [-0.4, -0.2) is 42.8 Å². The van der Waals surface area contributed by atoms with Gasteiger partial charge in [0.25, 0.3) is 0 Å². The molecule has 5 aliphatic carbocycles. The van der Waals surface area contributed by atoms with E-state index in [1.165, 1.54) is 5.57 Å². The Bertz CT molecular complexity index is 1120. The monoisotopic (exact) mass is 568 g/mol. The van der Waals surface area contributed by atoms with E-state index >= 15 is 0 Å². The van der Waals surface area contributed by atoms with E-state index in [1.54, 1.807) is 0 Å². The van der Waals surface area contributed by atoms with E-state index in [0.29, 0.717) is 24.2 Å². The van der Waals surface area contributed by atoms with Gasteiger partial charge in [0.15, 0.2) is 5.78 Å². The highest BCUT2D eigenvalue weighted by Crippen LogP contribution is 2.75. The normalized spacial score (nSPS) is 49.6. The average molecular weight is 569 g/mol. The van der Waals surface area contributed by atoms with Gasteiger partial charge in [0.2, 0.25) is 0 Å². The first kappa shape index (κ1) is 29.9. The maximum atomic E-state index is 14.5. The minimum absolute atomic E-state index is 0.0157. The van der Waals surface area contributed by atoms with Crippen molar-refractivity contribution in [2.24, 2.45) is 56.2 Å². The van der Waals surface area contributed by atoms with Crippen molar-refractivity contribution < 1.29 is 24.2 Å². The van der Waals surface area contributed by atoms with Gasteiger partial charge >= 0.3 is 5.97 Å². The second-order valence-electron chi connectivity index (χ2n) is 17.3. The van der Waals surface area contributed by atoms with E-state index in [0.717, 1.165) is 83.8 Å². The lowest BCUT2D eigenvalue weighted by molar-refractivity contribution is -0.202. The first-order chi connectivity index (χ1) is 19.1. The molecule has 4 saturated carbocycles. The number of fused-ring (bicyclic) bond motifs is 7. The molecule has 5 fully saturated rings. The summed E-state index contributed by atoms with van der Waals surface area (Å²) in [6.45, 7) is 18.3. The van der Waals surface area contributed by atoms with Crippen molar-refractivity contribution in [1.82, 2.24) is 0 Å². The highest BCUT2D eigenvalue weighted by atomic mass is 16.5. The van der Waals surface area contributed by atoms with Crippen molar-refractivity contribution in [2.45, 2.75) is 125 Å². The topological polar surface area (TPSA) is 72.8 Å². The summed E-state index contributed by atoms with van der Waals surface area (Å²) in [4.78, 5) is 28.2. The molecule has 0 unspecified atom stereocenters. The van der Waals surface area contributed by atoms with E-state index < -0.39 is 5.41 Å². The molecule has 5 heteroatoms. The van der Waals surface area contributed by atoms with Crippen LogP contribution in [0.25, 0.3) is 0 Å². The van der Waals surface area contributed by atoms with Crippen molar-refractivity contribution in [3.05, 3.63) is 11.6 Å². The first-order valence-corrected chi connectivity index (χ1v) is 16.8. The number of rotatable bonds is 3. The lowest BCUT2D eigenvalue weighted by atomic mass is 9.33. The zero-order chi connectivity index (χ0) is 29.6. The van der Waals surface area contributed by atoms with Crippen LogP contribution in [0.5, 0.6) is 0 Å². The number of hydrogen-bond acceptors (Lipinski definition) is 5. The number of allylic oxidation sites excluding steroid dienone is 2. The van der Waals surface area contributed by atoms with Gasteiger partial charge in [-0.3, -0.25) is 9.59 Å². The molecule has 0 aromatic heterocycles. The second-order valence-corrected chi connectivity index (χ2v) is 17.3. The average Bonchev–Trinajstić information content (AvgIpc) is 2.92. The Morgan fingerprint density at radius 1 is 0.927 bits per heavy atom. The van der Waals surface area contributed by atoms with Crippen LogP contribution in [0.1, 0.15) is 119 Å². The van der Waals surface area contributed by atoms with Crippen molar-refractivity contribution in [1.29, 1.82) is 0 Å². The lowest BCUT2D eigenvalue weighted by Gasteiger charge is -2.70. The summed E-state index contributed by atoms with van der Waals surface area (Å²) in [6, 6.07) is 0. The number of aliphatic hydroxyl groups excluding tert-OH is 1. The highest BCUT2D eigenvalue weighted by Gasteiger charge is 2.70. The second kappa shape index (κ2) is 9.65. The summed E-state index contributed by atoms with van der Waals surface area (Å²) in [7, 11) is 0. The van der Waals surface area contributed by atoms with Crippen LogP contribution in [0, 0.1) is 56.2 Å². The summed E-state index contributed by atoms with van der Waals surface area (Å²) in [5.41, 5.74) is 0.491. The van der Waals surface area contributed by atoms with Gasteiger partial charge in [-0.2, -0.15) is 0 Å². The Kier molecular flexibility index (Phi) is 7.03. The van der Waals surface area contributed by atoms with Crippen molar-refractivity contribution >= 4 is 11.8 Å². The van der Waals surface area contributed by atoms with Crippen LogP contribution in [-0.2, 0) is 19.1 Å². The molecule has 6 rings (SSSR count). The molecule has 0 spiro atoms. The number of carbonyl (C=O) groups is 2. The smallest absolute Gasteiger partial charge is 0.311 e. The van der Waals surface area contributed by atoms with Crippen molar-refractivity contribution in [2.75, 3.05) is 19.8 Å². The van der Waals surface area contributed by atoms with Gasteiger partial charge in [-0.25, -0.2) is 0 Å². The SMILES string of the molecule is CC1(C)[C@@H](O)CC[C@]2(C)[C@H]3C(=O)C=C4[C@@H]5C[C@@](C)(C(=O)OCC6CCOCC6)CC[C@]5(C)CC[C@@]4(C)[C@]3(C)CC[C@@H]12. The minimum atomic E-state index is -0.512. The largest absolute Gasteiger partial charge is 0.465 e. The lowest BCUT2D eigenvalue weighted by Crippen LogP contribution is -2.66. The molecule has 230 valence electrons. The maximum Gasteiger partial charge on any atom is 0.311 e. The van der Waals surface area contributed by atoms with Crippen LogP contribution in [0.4, 0.5) is 0 Å². The Labute approximate surface area is 248 Å². The van der Waals surface area contributed by atoms with E-state index in [4.69, 9.17) is 9.47 Å². The Morgan fingerprint density at radius 2 is 1.61 bits per heavy atom. The minimum Gasteiger partial charge on any atom is -0.465 e. The zero-order valence-corrected chi connectivity index (χ0v) is 26.9. The summed E-state index contributed by atoms with van der Waals surface area (Å²) in [5, 5.41) is 11.0. The highest BCUT2D eigenvalue weighted by molar-refractivity contribution is 5.95. The van der Waals surface area contributed by atoms with Crippen molar-refractivity contribution in [3.63, 3.8) is 0 Å². The molecule has 0 aromatic rings. The molecule has 0 radical (unpaired) electrons. The Hall–Kier alpha value is -1.20. The molecular formula is C36H56O5. The molecular weight excluding hydrogens is 512 g/mol. The van der Waals surface area contributed by atoms with Gasteiger partial charge in [-0.1, -0.05) is 47.1 Å². The summed E-state index contributed by atoms with van der Waals surface area (Å²) in [6.07, 6.45) is 12.5. The zero-order valence-electron chi connectivity index (χ0n) is 26.9. The summed E-state index contributed by atoms with van der Waals surface area (Å²) >= 11 is 0. The molecule has 1 saturated heterocycles. The van der Waals surface area contributed by atoms with Crippen LogP contribution in [0.15, 0.2) is 11.6 Å². The predicted molar refractivity (Wildman–Crippen MR) is 160 cm³/mol. The van der Waals surface area contributed by atoms with E-state index in [1.807, 2.05) is 0 Å². The molecule has 0 aromatic carbocycles. The Morgan fingerprint density at radius 3 is 2.32 bits per heavy atom. The molecule has 9 atom stereocenters. The molecule has 6 aliphatic rings. The van der Waals surface area contributed by atoms with Crippen LogP contribution >= 0.6 is 0 Å². The Balaban J connectivity index is 1.31. The number of esters is 1. The number of carbonyl (C=O) groups excluding carboxylic acids is 2. The molecule has 5 nitrogen and oxygen atoms in total. The predicted octanol–water partition coefficient (Wildman–Crippen LogP) is 7.30. The first-order valence-electron chi connectivity index (χ1n) is 16.8. The molecule has 1 aliphatic heterocycles. The third-order valence-electron chi connectivity index (χ3n) is 14.8. The fourth-order valence-corrected chi connectivity index (χ4v) is 11.6. The number of aliphatic hydroxyl groups is 1. The van der Waals surface area contributed by atoms with Gasteiger partial charge in [-0.15, -0.1) is 0 Å². The fourth-order valence-electron chi connectivity index (χ4n) is 11.6. The quantitative estimate of drug-likeness (QED) is 0.362. The summed E-state index contributed by atoms with van der Waals surface area (Å²) in [5.74, 6) is 1.24. The summed E-state index contributed by atoms with van der Waals surface area (Å²) < 4.78 is 11.5. The maximum absolute atomic E-state index is 14.5. The molecule has 0 amide bonds. The van der Waals surface area contributed by atoms with Gasteiger partial charge in [0, 0.05) is 19.1 Å². The molecule has 41 heavy (non-hydrogen) atoms. The molecule has 0 bridgehead atoms. The van der Waals surface area contributed by atoms with Crippen LogP contribution in [0.3, 0.4) is 0 Å². The third kappa shape index (κ3) is 4.20. The standard InChI is InChI=1S/C36H56O5/c1-31(2)27-8-13-36(7)29(34(27,5)12-9-28(31)38)26(37)20-24-25-21-33(4,15-14-32(25,3)16-17-35(24,36)6)30(39)41-22-23-10-18-40-19-11-23/h20,23,25,27-29,38H,8-19,21-22H2,1-7H3/t25-,27-,28-,29+,32+,33-,34-,35+,36+/m0/s1. The van der Waals surface area contributed by atoms with Gasteiger partial charge in [-0.05, 0) is 128 Å². The van der Waals surface area contributed by atoms with Crippen LogP contribution < -0.4 is 0 Å². The third-order valence-corrected chi connectivity index (χ3v) is 14.8. The van der Waals surface area contributed by atoms with Gasteiger partial charge in [0.1, 0.15) is 0 Å². The van der Waals surface area contributed by atoms with E-state index in [-0.39, 0.29) is 51.0 Å². The number of hydrogen-bond donors (Lipinski definition) is 1. The number of ether oxygens (including phenoxy) is 2. The van der Waals surface area contributed by atoms with E-state index in [9.17, 15) is 14.7 Å². The van der Waals surface area contributed by atoms with Gasteiger partial charge in [0.05, 0.1) is 18.1 Å². The van der Waals surface area contributed by atoms with Crippen LogP contribution in [0.2, 0.25) is 0 Å².